The van der Waals surface area contributed by atoms with Crippen LogP contribution < -0.4 is 10.1 Å². The van der Waals surface area contributed by atoms with Gasteiger partial charge in [0.05, 0.1) is 10.6 Å². The van der Waals surface area contributed by atoms with Crippen molar-refractivity contribution in [2.45, 2.75) is 77.4 Å². The molecule has 0 spiro atoms. The van der Waals surface area contributed by atoms with E-state index in [9.17, 15) is 36.3 Å². The van der Waals surface area contributed by atoms with E-state index in [-0.39, 0.29) is 47.2 Å². The normalized spacial score (nSPS) is 20.2. The Balaban J connectivity index is 1.49. The number of carbonyl (C=O) groups is 3. The number of halogens is 6. The summed E-state index contributed by atoms with van der Waals surface area (Å²) in [5, 5.41) is 3.14. The fraction of sp³-hybridized carbons (Fsp3) is 0.516. The lowest BCUT2D eigenvalue weighted by molar-refractivity contribution is -0.210. The number of ether oxygens (including phenoxy) is 1. The van der Waals surface area contributed by atoms with Gasteiger partial charge in [-0.15, -0.1) is 0 Å². The molecule has 3 unspecified atom stereocenters. The number of fused-ring (bicyclic) bond motifs is 2. The highest BCUT2D eigenvalue weighted by Crippen LogP contribution is 2.44. The highest BCUT2D eigenvalue weighted by atomic mass is 35.5. The van der Waals surface area contributed by atoms with Crippen molar-refractivity contribution in [1.29, 1.82) is 0 Å². The maximum Gasteiger partial charge on any atom is 0.400 e. The molecule has 0 radical (unpaired) electrons. The molecule has 4 rings (SSSR count). The Morgan fingerprint density at radius 1 is 1.00 bits per heavy atom. The molecule has 5 nitrogen and oxygen atoms in total. The second-order valence-corrected chi connectivity index (χ2v) is 12.2. The van der Waals surface area contributed by atoms with Crippen molar-refractivity contribution in [3.05, 3.63) is 63.7 Å². The minimum absolute atomic E-state index is 0.000350. The van der Waals surface area contributed by atoms with E-state index in [2.05, 4.69) is 5.32 Å². The number of ketones is 2. The first kappa shape index (κ1) is 31.9. The fourth-order valence-electron chi connectivity index (χ4n) is 5.76. The van der Waals surface area contributed by atoms with Crippen molar-refractivity contribution in [3.63, 3.8) is 0 Å². The maximum absolute atomic E-state index is 13.2. The van der Waals surface area contributed by atoms with Crippen LogP contribution in [0, 0.1) is 17.3 Å². The van der Waals surface area contributed by atoms with Gasteiger partial charge in [0.25, 0.3) is 12.3 Å². The first-order chi connectivity index (χ1) is 19.7. The van der Waals surface area contributed by atoms with Crippen molar-refractivity contribution in [1.82, 2.24) is 5.32 Å². The number of carbonyl (C=O) groups excluding carboxylic acids is 3. The highest BCUT2D eigenvalue weighted by Gasteiger charge is 2.52. The molecule has 0 heterocycles. The summed E-state index contributed by atoms with van der Waals surface area (Å²) >= 11 is 6.26. The van der Waals surface area contributed by atoms with Gasteiger partial charge in [-0.05, 0) is 86.8 Å². The van der Waals surface area contributed by atoms with Crippen molar-refractivity contribution in [2.24, 2.45) is 17.3 Å². The number of nitrogens with one attached hydrogen (secondary N) is 1. The number of benzene rings is 2. The number of alkyl halides is 5. The second kappa shape index (κ2) is 12.7. The van der Waals surface area contributed by atoms with Gasteiger partial charge in [-0.3, -0.25) is 14.4 Å². The Hall–Kier alpha value is -3.01. The van der Waals surface area contributed by atoms with E-state index in [1.165, 1.54) is 30.3 Å². The Bertz CT molecular complexity index is 1340. The van der Waals surface area contributed by atoms with Crippen molar-refractivity contribution in [2.75, 3.05) is 6.61 Å². The number of Topliss-reactive ketones (excluding diaryl/α,β-unsaturated/α-hetero) is 2. The van der Waals surface area contributed by atoms with Gasteiger partial charge in [0.1, 0.15) is 23.6 Å². The maximum atomic E-state index is 13.2. The van der Waals surface area contributed by atoms with Gasteiger partial charge in [-0.25, -0.2) is 8.78 Å². The average molecular weight is 614 g/mol. The van der Waals surface area contributed by atoms with Gasteiger partial charge in [-0.1, -0.05) is 30.2 Å². The summed E-state index contributed by atoms with van der Waals surface area (Å²) in [4.78, 5) is 38.7. The monoisotopic (exact) mass is 613 g/mol. The molecule has 2 fully saturated rings. The van der Waals surface area contributed by atoms with E-state index >= 15 is 0 Å². The van der Waals surface area contributed by atoms with Crippen LogP contribution in [0.25, 0.3) is 0 Å². The molecule has 3 atom stereocenters. The van der Waals surface area contributed by atoms with Crippen molar-refractivity contribution in [3.8, 4) is 5.75 Å². The largest absolute Gasteiger partial charge is 0.487 e. The third-order valence-electron chi connectivity index (χ3n) is 8.45. The zero-order chi connectivity index (χ0) is 30.8. The summed E-state index contributed by atoms with van der Waals surface area (Å²) in [5.74, 6) is -0.907. The van der Waals surface area contributed by atoms with E-state index in [4.69, 9.17) is 16.3 Å². The van der Waals surface area contributed by atoms with E-state index in [1.54, 1.807) is 6.07 Å². The Morgan fingerprint density at radius 2 is 1.69 bits per heavy atom. The predicted octanol–water partition coefficient (Wildman–Crippen LogP) is 7.42. The van der Waals surface area contributed by atoms with Crippen LogP contribution in [-0.4, -0.2) is 42.7 Å². The number of hydrogen-bond acceptors (Lipinski definition) is 4. The molecule has 2 saturated carbocycles. The van der Waals surface area contributed by atoms with Gasteiger partial charge < -0.3 is 10.1 Å². The topological polar surface area (TPSA) is 72.5 Å². The Morgan fingerprint density at radius 3 is 2.31 bits per heavy atom. The Kier molecular flexibility index (Phi) is 9.65. The molecule has 42 heavy (non-hydrogen) atoms. The summed E-state index contributed by atoms with van der Waals surface area (Å²) in [6.45, 7) is 0.780. The summed E-state index contributed by atoms with van der Waals surface area (Å²) in [7, 11) is 0. The smallest absolute Gasteiger partial charge is 0.400 e. The third-order valence-corrected chi connectivity index (χ3v) is 8.78. The van der Waals surface area contributed by atoms with Crippen LogP contribution in [0.5, 0.6) is 5.75 Å². The van der Waals surface area contributed by atoms with Crippen LogP contribution in [0.4, 0.5) is 22.0 Å². The summed E-state index contributed by atoms with van der Waals surface area (Å²) in [5.41, 5.74) is -1.44. The predicted molar refractivity (Wildman–Crippen MR) is 147 cm³/mol. The molecule has 0 aliphatic heterocycles. The lowest BCUT2D eigenvalue weighted by Crippen LogP contribution is -2.39. The van der Waals surface area contributed by atoms with E-state index in [0.717, 1.165) is 39.5 Å². The molecule has 0 aromatic heterocycles. The summed E-state index contributed by atoms with van der Waals surface area (Å²) < 4.78 is 70.5. The Labute approximate surface area is 246 Å². The molecular weight excluding hydrogens is 581 g/mol. The number of aryl methyl sites for hydroxylation is 1. The van der Waals surface area contributed by atoms with Crippen LogP contribution in [0.15, 0.2) is 36.4 Å². The van der Waals surface area contributed by atoms with Crippen LogP contribution in [0.3, 0.4) is 0 Å². The SMILES string of the molecule is CC(C)(C(=O)CCc1ccc(Cl)c(C(=O)Cc2ccc(OCC(F)F)c(C(=O)NC3CC4CCC3C4)c2)c1)C(F)(F)F. The van der Waals surface area contributed by atoms with Crippen LogP contribution >= 0.6 is 11.6 Å². The minimum Gasteiger partial charge on any atom is -0.487 e. The van der Waals surface area contributed by atoms with Crippen LogP contribution in [-0.2, 0) is 17.6 Å². The quantitative estimate of drug-likeness (QED) is 0.200. The minimum atomic E-state index is -4.68. The summed E-state index contributed by atoms with van der Waals surface area (Å²) in [6, 6.07) is 8.76. The van der Waals surface area contributed by atoms with Crippen LogP contribution in [0.2, 0.25) is 5.02 Å². The second-order valence-electron chi connectivity index (χ2n) is 11.7. The lowest BCUT2D eigenvalue weighted by atomic mass is 9.84. The van der Waals surface area contributed by atoms with Gasteiger partial charge in [0.2, 0.25) is 0 Å². The zero-order valence-electron chi connectivity index (χ0n) is 23.3. The molecule has 2 aliphatic carbocycles. The third kappa shape index (κ3) is 7.30. The molecule has 228 valence electrons. The highest BCUT2D eigenvalue weighted by molar-refractivity contribution is 6.34. The zero-order valence-corrected chi connectivity index (χ0v) is 24.1. The molecule has 11 heteroatoms. The number of rotatable bonds is 12. The number of amides is 1. The van der Waals surface area contributed by atoms with Gasteiger partial charge >= 0.3 is 6.18 Å². The van der Waals surface area contributed by atoms with Gasteiger partial charge in [0, 0.05) is 24.4 Å². The molecule has 2 aromatic carbocycles. The molecule has 1 amide bonds. The molecule has 0 saturated heterocycles. The summed E-state index contributed by atoms with van der Waals surface area (Å²) in [6.07, 6.45) is -3.89. The molecule has 2 aromatic rings. The first-order valence-corrected chi connectivity index (χ1v) is 14.3. The van der Waals surface area contributed by atoms with Gasteiger partial charge in [-0.2, -0.15) is 13.2 Å². The molecule has 2 bridgehead atoms. The first-order valence-electron chi connectivity index (χ1n) is 13.9. The van der Waals surface area contributed by atoms with E-state index in [0.29, 0.717) is 23.0 Å². The lowest BCUT2D eigenvalue weighted by Gasteiger charge is -2.26. The molecular formula is C31H33ClF5NO4. The van der Waals surface area contributed by atoms with E-state index < -0.39 is 42.1 Å². The fourth-order valence-corrected chi connectivity index (χ4v) is 5.98. The average Bonchev–Trinajstić information content (AvgIpc) is 3.54. The van der Waals surface area contributed by atoms with Crippen molar-refractivity contribution < 1.29 is 41.1 Å². The molecule has 2 aliphatic rings. The standard InChI is InChI=1S/C31H33ClF5NO4/c1-30(2,31(35,36)37)27(40)10-6-17-4-8-23(32)21(12-17)25(39)15-19-5-9-26(42-16-28(33)34)22(13-19)29(41)38-24-14-18-3-7-20(24)11-18/h4-5,8-9,12-13,18,20,24,28H,3,6-7,10-11,14-16H2,1-2H3,(H,38,41). The van der Waals surface area contributed by atoms with E-state index in [1.807, 2.05) is 0 Å². The van der Waals surface area contributed by atoms with Crippen molar-refractivity contribution >= 4 is 29.1 Å². The number of hydrogen-bond donors (Lipinski definition) is 1. The van der Waals surface area contributed by atoms with Crippen LogP contribution in [0.1, 0.15) is 77.8 Å². The molecule has 1 N–H and O–H groups in total. The van der Waals surface area contributed by atoms with Gasteiger partial charge in [0.15, 0.2) is 5.78 Å².